The first-order valence-electron chi connectivity index (χ1n) is 10.6. The number of nitrogens with two attached hydrogens (primary N) is 1. The van der Waals surface area contributed by atoms with Gasteiger partial charge in [0.15, 0.2) is 11.6 Å². The summed E-state index contributed by atoms with van der Waals surface area (Å²) in [6, 6.07) is 11.4. The molecule has 0 aliphatic rings. The van der Waals surface area contributed by atoms with Crippen LogP contribution >= 0.6 is 0 Å². The molecule has 184 valence electrons. The van der Waals surface area contributed by atoms with Crippen molar-refractivity contribution in [3.05, 3.63) is 88.5 Å². The maximum absolute atomic E-state index is 14.6. The van der Waals surface area contributed by atoms with E-state index in [4.69, 9.17) is 5.73 Å². The smallest absolute Gasteiger partial charge is 0.261 e. The van der Waals surface area contributed by atoms with Crippen molar-refractivity contribution in [3.8, 4) is 5.75 Å². The van der Waals surface area contributed by atoms with Gasteiger partial charge in [0.2, 0.25) is 5.82 Å². The number of para-hydroxylation sites is 1. The Morgan fingerprint density at radius 1 is 1.03 bits per heavy atom. The summed E-state index contributed by atoms with van der Waals surface area (Å²) >= 11 is 0. The van der Waals surface area contributed by atoms with Crippen LogP contribution in [0.15, 0.2) is 48.8 Å². The van der Waals surface area contributed by atoms with E-state index < -0.39 is 40.6 Å². The van der Waals surface area contributed by atoms with Gasteiger partial charge in [0, 0.05) is 23.2 Å². The van der Waals surface area contributed by atoms with E-state index in [9.17, 15) is 22.8 Å². The second kappa shape index (κ2) is 9.90. The number of ether oxygens (including phenoxy) is 1. The van der Waals surface area contributed by atoms with Crippen molar-refractivity contribution in [2.75, 3.05) is 17.7 Å². The normalized spacial score (nSPS) is 10.8. The second-order valence-electron chi connectivity index (χ2n) is 7.77. The van der Waals surface area contributed by atoms with Crippen LogP contribution in [0.1, 0.15) is 31.8 Å². The van der Waals surface area contributed by atoms with Gasteiger partial charge in [-0.05, 0) is 36.8 Å². The molecule has 0 atom stereocenters. The molecule has 1 aromatic heterocycles. The Bertz CT molecular complexity index is 1480. The largest absolute Gasteiger partial charge is 0.493 e. The van der Waals surface area contributed by atoms with Gasteiger partial charge in [0.05, 0.1) is 18.2 Å². The lowest BCUT2D eigenvalue weighted by Gasteiger charge is -2.14. The second-order valence-corrected chi connectivity index (χ2v) is 7.77. The Labute approximate surface area is 203 Å². The number of anilines is 2. The predicted molar refractivity (Wildman–Crippen MR) is 127 cm³/mol. The first kappa shape index (κ1) is 24.5. The molecule has 0 aliphatic heterocycles. The first-order valence-corrected chi connectivity index (χ1v) is 10.6. The molecule has 4 N–H and O–H groups in total. The van der Waals surface area contributed by atoms with E-state index in [2.05, 4.69) is 25.3 Å². The Balaban J connectivity index is 1.55. The number of methoxy groups -OCH3 is 1. The third-order valence-electron chi connectivity index (χ3n) is 5.51. The number of fused-ring (bicyclic) bond motifs is 1. The fourth-order valence-electron chi connectivity index (χ4n) is 3.77. The standard InChI is InChI=1S/C25H20F3N5O3/c1-12-18(26)17(19(27)20(28)22(12)36-2)25(35)33-14-6-3-5-13(9-14)10-30-24-16-8-4-7-15(23(29)34)21(16)31-11-32-24/h3-9,11H,10H2,1-2H3,(H2,29,34)(H,33,35)(H,30,31,32). The molecular formula is C25H20F3N5O3. The number of hydrogen-bond acceptors (Lipinski definition) is 6. The molecule has 0 fully saturated rings. The van der Waals surface area contributed by atoms with Crippen molar-refractivity contribution in [1.29, 1.82) is 0 Å². The number of carbonyl (C=O) groups excluding carboxylic acids is 2. The van der Waals surface area contributed by atoms with Gasteiger partial charge in [-0.25, -0.2) is 18.7 Å². The summed E-state index contributed by atoms with van der Waals surface area (Å²) in [6.45, 7) is 1.43. The van der Waals surface area contributed by atoms with Crippen molar-refractivity contribution >= 4 is 34.2 Å². The number of hydrogen-bond donors (Lipinski definition) is 3. The van der Waals surface area contributed by atoms with E-state index >= 15 is 0 Å². The van der Waals surface area contributed by atoms with Crippen LogP contribution in [0.2, 0.25) is 0 Å². The maximum atomic E-state index is 14.6. The van der Waals surface area contributed by atoms with Crippen LogP contribution in [0.3, 0.4) is 0 Å². The van der Waals surface area contributed by atoms with Crippen molar-refractivity contribution in [2.45, 2.75) is 13.5 Å². The summed E-state index contributed by atoms with van der Waals surface area (Å²) in [5, 5.41) is 6.10. The van der Waals surface area contributed by atoms with E-state index in [1.165, 1.54) is 19.3 Å². The number of rotatable bonds is 7. The lowest BCUT2D eigenvalue weighted by molar-refractivity contribution is 0.0997. The summed E-state index contributed by atoms with van der Waals surface area (Å²) in [5.41, 5.74) is 5.61. The predicted octanol–water partition coefficient (Wildman–Crippen LogP) is 4.33. The Kier molecular flexibility index (Phi) is 6.73. The highest BCUT2D eigenvalue weighted by molar-refractivity contribution is 6.07. The lowest BCUT2D eigenvalue weighted by Crippen LogP contribution is -2.18. The van der Waals surface area contributed by atoms with Crippen LogP contribution in [0.5, 0.6) is 5.75 Å². The van der Waals surface area contributed by atoms with Gasteiger partial charge in [-0.3, -0.25) is 9.59 Å². The minimum Gasteiger partial charge on any atom is -0.493 e. The summed E-state index contributed by atoms with van der Waals surface area (Å²) in [5.74, 6) is -6.23. The van der Waals surface area contributed by atoms with E-state index in [-0.39, 0.29) is 23.4 Å². The van der Waals surface area contributed by atoms with Crippen LogP contribution in [0, 0.1) is 24.4 Å². The molecular weight excluding hydrogens is 475 g/mol. The van der Waals surface area contributed by atoms with Crippen LogP contribution in [-0.2, 0) is 6.54 Å². The Hall–Kier alpha value is -4.67. The Morgan fingerprint density at radius 3 is 2.50 bits per heavy atom. The maximum Gasteiger partial charge on any atom is 0.261 e. The monoisotopic (exact) mass is 495 g/mol. The summed E-state index contributed by atoms with van der Waals surface area (Å²) in [7, 11) is 1.07. The quantitative estimate of drug-likeness (QED) is 0.329. The summed E-state index contributed by atoms with van der Waals surface area (Å²) < 4.78 is 48.0. The third kappa shape index (κ3) is 4.50. The minimum absolute atomic E-state index is 0.232. The van der Waals surface area contributed by atoms with Crippen molar-refractivity contribution in [3.63, 3.8) is 0 Å². The molecule has 0 saturated carbocycles. The van der Waals surface area contributed by atoms with Gasteiger partial charge in [-0.2, -0.15) is 4.39 Å². The van der Waals surface area contributed by atoms with Crippen LogP contribution in [-0.4, -0.2) is 28.9 Å². The topological polar surface area (TPSA) is 119 Å². The molecule has 0 saturated heterocycles. The third-order valence-corrected chi connectivity index (χ3v) is 5.51. The number of primary amides is 1. The van der Waals surface area contributed by atoms with Gasteiger partial charge in [-0.1, -0.05) is 18.2 Å². The molecule has 11 heteroatoms. The number of halogens is 3. The number of nitrogens with zero attached hydrogens (tertiary/aromatic N) is 2. The van der Waals surface area contributed by atoms with E-state index in [1.807, 2.05) is 0 Å². The van der Waals surface area contributed by atoms with Crippen molar-refractivity contribution in [2.24, 2.45) is 5.73 Å². The van der Waals surface area contributed by atoms with Crippen LogP contribution in [0.4, 0.5) is 24.7 Å². The van der Waals surface area contributed by atoms with Gasteiger partial charge >= 0.3 is 0 Å². The highest BCUT2D eigenvalue weighted by Crippen LogP contribution is 2.31. The number of amides is 2. The summed E-state index contributed by atoms with van der Waals surface area (Å²) in [4.78, 5) is 32.6. The fourth-order valence-corrected chi connectivity index (χ4v) is 3.77. The average Bonchev–Trinajstić information content (AvgIpc) is 2.86. The number of carbonyl (C=O) groups is 2. The molecule has 0 spiro atoms. The lowest BCUT2D eigenvalue weighted by atomic mass is 10.1. The molecule has 0 unspecified atom stereocenters. The molecule has 8 nitrogen and oxygen atoms in total. The highest BCUT2D eigenvalue weighted by atomic mass is 19.2. The Morgan fingerprint density at radius 2 is 1.78 bits per heavy atom. The minimum atomic E-state index is -1.64. The first-order chi connectivity index (χ1) is 17.2. The van der Waals surface area contributed by atoms with Gasteiger partial charge in [-0.15, -0.1) is 0 Å². The highest BCUT2D eigenvalue weighted by Gasteiger charge is 2.28. The van der Waals surface area contributed by atoms with E-state index in [1.54, 1.807) is 36.4 Å². The average molecular weight is 495 g/mol. The number of nitrogens with one attached hydrogen (secondary N) is 2. The number of benzene rings is 3. The van der Waals surface area contributed by atoms with E-state index in [0.717, 1.165) is 7.11 Å². The number of aromatic nitrogens is 2. The zero-order chi connectivity index (χ0) is 26.0. The van der Waals surface area contributed by atoms with Gasteiger partial charge in [0.25, 0.3) is 11.8 Å². The molecule has 4 rings (SSSR count). The molecule has 3 aromatic carbocycles. The van der Waals surface area contributed by atoms with Crippen molar-refractivity contribution < 1.29 is 27.5 Å². The van der Waals surface area contributed by atoms with Gasteiger partial charge < -0.3 is 21.1 Å². The molecule has 0 radical (unpaired) electrons. The molecule has 0 bridgehead atoms. The van der Waals surface area contributed by atoms with Crippen LogP contribution in [0.25, 0.3) is 10.9 Å². The van der Waals surface area contributed by atoms with E-state index in [0.29, 0.717) is 22.3 Å². The molecule has 0 aliphatic carbocycles. The fraction of sp³-hybridized carbons (Fsp3) is 0.120. The van der Waals surface area contributed by atoms with Gasteiger partial charge in [0.1, 0.15) is 23.5 Å². The SMILES string of the molecule is COc1c(C)c(F)c(C(=O)Nc2cccc(CNc3ncnc4c(C(N)=O)cccc34)c2)c(F)c1F. The molecule has 2 amide bonds. The zero-order valence-electron chi connectivity index (χ0n) is 19.2. The molecule has 1 heterocycles. The molecule has 4 aromatic rings. The van der Waals surface area contributed by atoms with Crippen molar-refractivity contribution in [1.82, 2.24) is 9.97 Å². The zero-order valence-corrected chi connectivity index (χ0v) is 19.2. The molecule has 36 heavy (non-hydrogen) atoms. The summed E-state index contributed by atoms with van der Waals surface area (Å²) in [6.07, 6.45) is 1.30. The van der Waals surface area contributed by atoms with Crippen LogP contribution < -0.4 is 21.1 Å².